The van der Waals surface area contributed by atoms with Crippen molar-refractivity contribution in [3.8, 4) is 0 Å². The van der Waals surface area contributed by atoms with Gasteiger partial charge in [-0.3, -0.25) is 4.79 Å². The van der Waals surface area contributed by atoms with Crippen LogP contribution < -0.4 is 5.32 Å². The average Bonchev–Trinajstić information content (AvgIpc) is 2.30. The summed E-state index contributed by atoms with van der Waals surface area (Å²) in [5.74, 6) is -0.0371. The molecule has 1 unspecified atom stereocenters. The lowest BCUT2D eigenvalue weighted by Crippen LogP contribution is -2.42. The van der Waals surface area contributed by atoms with Gasteiger partial charge in [0, 0.05) is 5.54 Å². The fraction of sp³-hybridized carbons (Fsp3) is 0.889. The van der Waals surface area contributed by atoms with Gasteiger partial charge in [0.2, 0.25) is 0 Å². The van der Waals surface area contributed by atoms with E-state index in [4.69, 9.17) is 4.74 Å². The number of nitrogens with one attached hydrogen (secondary N) is 1. The highest BCUT2D eigenvalue weighted by Crippen LogP contribution is 2.26. The average molecular weight is 171 g/mol. The molecule has 0 amide bonds. The predicted octanol–water partition coefficient (Wildman–Crippen LogP) is 0.938. The number of esters is 1. The van der Waals surface area contributed by atoms with Crippen LogP contribution in [0.1, 0.15) is 27.2 Å². The van der Waals surface area contributed by atoms with Crippen LogP contribution in [0.5, 0.6) is 0 Å². The molecule has 3 heteroatoms. The Morgan fingerprint density at radius 3 is 2.75 bits per heavy atom. The van der Waals surface area contributed by atoms with Gasteiger partial charge in [0.25, 0.3) is 0 Å². The van der Waals surface area contributed by atoms with Crippen molar-refractivity contribution in [2.24, 2.45) is 5.92 Å². The number of carbonyl (C=O) groups excluding carboxylic acids is 1. The SMILES string of the molecule is CCOC(=O)C1CCNC1(C)C. The van der Waals surface area contributed by atoms with Gasteiger partial charge in [0.05, 0.1) is 12.5 Å². The summed E-state index contributed by atoms with van der Waals surface area (Å²) >= 11 is 0. The second kappa shape index (κ2) is 3.44. The third-order valence-electron chi connectivity index (χ3n) is 2.46. The van der Waals surface area contributed by atoms with Crippen molar-refractivity contribution < 1.29 is 9.53 Å². The Balaban J connectivity index is 2.56. The molecule has 1 N–H and O–H groups in total. The molecule has 0 aliphatic carbocycles. The lowest BCUT2D eigenvalue weighted by atomic mass is 9.89. The van der Waals surface area contributed by atoms with E-state index in [1.807, 2.05) is 20.8 Å². The molecule has 0 aromatic rings. The maximum Gasteiger partial charge on any atom is 0.310 e. The monoisotopic (exact) mass is 171 g/mol. The first-order valence-electron chi connectivity index (χ1n) is 4.49. The van der Waals surface area contributed by atoms with Crippen molar-refractivity contribution in [1.82, 2.24) is 5.32 Å². The van der Waals surface area contributed by atoms with Gasteiger partial charge in [-0.25, -0.2) is 0 Å². The minimum atomic E-state index is -0.0910. The van der Waals surface area contributed by atoms with Gasteiger partial charge in [-0.15, -0.1) is 0 Å². The van der Waals surface area contributed by atoms with Crippen molar-refractivity contribution in [3.63, 3.8) is 0 Å². The van der Waals surface area contributed by atoms with Crippen LogP contribution in [0.2, 0.25) is 0 Å². The molecular weight excluding hydrogens is 154 g/mol. The van der Waals surface area contributed by atoms with Gasteiger partial charge in [-0.05, 0) is 33.7 Å². The molecule has 0 saturated carbocycles. The first-order valence-corrected chi connectivity index (χ1v) is 4.49. The Morgan fingerprint density at radius 1 is 1.67 bits per heavy atom. The largest absolute Gasteiger partial charge is 0.466 e. The quantitative estimate of drug-likeness (QED) is 0.628. The lowest BCUT2D eigenvalue weighted by Gasteiger charge is -2.24. The molecule has 12 heavy (non-hydrogen) atoms. The van der Waals surface area contributed by atoms with Crippen molar-refractivity contribution in [3.05, 3.63) is 0 Å². The Kier molecular flexibility index (Phi) is 2.73. The first-order chi connectivity index (χ1) is 5.58. The molecule has 3 nitrogen and oxygen atoms in total. The van der Waals surface area contributed by atoms with Crippen LogP contribution in [-0.2, 0) is 9.53 Å². The summed E-state index contributed by atoms with van der Waals surface area (Å²) in [5.41, 5.74) is -0.0910. The summed E-state index contributed by atoms with van der Waals surface area (Å²) in [7, 11) is 0. The normalized spacial score (nSPS) is 27.1. The van der Waals surface area contributed by atoms with Gasteiger partial charge in [0.15, 0.2) is 0 Å². The second-order valence-corrected chi connectivity index (χ2v) is 3.74. The van der Waals surface area contributed by atoms with Crippen molar-refractivity contribution in [1.29, 1.82) is 0 Å². The molecule has 0 bridgehead atoms. The maximum absolute atomic E-state index is 11.4. The van der Waals surface area contributed by atoms with Crippen molar-refractivity contribution in [2.45, 2.75) is 32.7 Å². The highest BCUT2D eigenvalue weighted by molar-refractivity contribution is 5.74. The third kappa shape index (κ3) is 1.78. The van der Waals surface area contributed by atoms with E-state index >= 15 is 0 Å². The molecule has 1 aliphatic heterocycles. The standard InChI is InChI=1S/C9H17NO2/c1-4-12-8(11)7-5-6-10-9(7,2)3/h7,10H,4-6H2,1-3H3. The van der Waals surface area contributed by atoms with E-state index in [1.165, 1.54) is 0 Å². The topological polar surface area (TPSA) is 38.3 Å². The van der Waals surface area contributed by atoms with Gasteiger partial charge in [0.1, 0.15) is 0 Å². The van der Waals surface area contributed by atoms with Crippen LogP contribution in [0.3, 0.4) is 0 Å². The number of rotatable bonds is 2. The zero-order chi connectivity index (χ0) is 9.19. The zero-order valence-electron chi connectivity index (χ0n) is 8.02. The van der Waals surface area contributed by atoms with Crippen LogP contribution >= 0.6 is 0 Å². The van der Waals surface area contributed by atoms with E-state index in [0.717, 1.165) is 13.0 Å². The fourth-order valence-electron chi connectivity index (χ4n) is 1.68. The molecule has 1 atom stereocenters. The summed E-state index contributed by atoms with van der Waals surface area (Å²) in [6, 6.07) is 0. The van der Waals surface area contributed by atoms with E-state index < -0.39 is 0 Å². The van der Waals surface area contributed by atoms with Crippen LogP contribution in [0.15, 0.2) is 0 Å². The molecule has 0 spiro atoms. The molecule has 0 aromatic heterocycles. The van der Waals surface area contributed by atoms with E-state index in [2.05, 4.69) is 5.32 Å². The number of carbonyl (C=O) groups is 1. The Labute approximate surface area is 73.5 Å². The minimum absolute atomic E-state index is 0.0254. The molecule has 1 saturated heterocycles. The first kappa shape index (κ1) is 9.52. The van der Waals surface area contributed by atoms with Crippen molar-refractivity contribution in [2.75, 3.05) is 13.2 Å². The van der Waals surface area contributed by atoms with Gasteiger partial charge in [-0.2, -0.15) is 0 Å². The van der Waals surface area contributed by atoms with Gasteiger partial charge in [-0.1, -0.05) is 0 Å². The number of ether oxygens (including phenoxy) is 1. The van der Waals surface area contributed by atoms with E-state index in [-0.39, 0.29) is 17.4 Å². The Morgan fingerprint density at radius 2 is 2.33 bits per heavy atom. The predicted molar refractivity (Wildman–Crippen MR) is 46.8 cm³/mol. The molecule has 1 aliphatic rings. The molecule has 1 heterocycles. The maximum atomic E-state index is 11.4. The highest BCUT2D eigenvalue weighted by Gasteiger charge is 2.39. The molecular formula is C9H17NO2. The summed E-state index contributed by atoms with van der Waals surface area (Å²) in [5, 5.41) is 3.28. The minimum Gasteiger partial charge on any atom is -0.466 e. The summed E-state index contributed by atoms with van der Waals surface area (Å²) in [4.78, 5) is 11.4. The highest BCUT2D eigenvalue weighted by atomic mass is 16.5. The number of hydrogen-bond acceptors (Lipinski definition) is 3. The summed E-state index contributed by atoms with van der Waals surface area (Å²) < 4.78 is 4.98. The van der Waals surface area contributed by atoms with E-state index in [0.29, 0.717) is 6.61 Å². The number of hydrogen-bond donors (Lipinski definition) is 1. The van der Waals surface area contributed by atoms with Crippen LogP contribution in [0.4, 0.5) is 0 Å². The van der Waals surface area contributed by atoms with Crippen LogP contribution in [0.25, 0.3) is 0 Å². The Bertz CT molecular complexity index is 177. The summed E-state index contributed by atoms with van der Waals surface area (Å²) in [6.07, 6.45) is 0.895. The van der Waals surface area contributed by atoms with Gasteiger partial charge >= 0.3 is 5.97 Å². The van der Waals surface area contributed by atoms with E-state index in [9.17, 15) is 4.79 Å². The Hall–Kier alpha value is -0.570. The van der Waals surface area contributed by atoms with Crippen LogP contribution in [0, 0.1) is 5.92 Å². The third-order valence-corrected chi connectivity index (χ3v) is 2.46. The molecule has 0 radical (unpaired) electrons. The lowest BCUT2D eigenvalue weighted by molar-refractivity contribution is -0.149. The smallest absolute Gasteiger partial charge is 0.310 e. The molecule has 70 valence electrons. The van der Waals surface area contributed by atoms with Crippen molar-refractivity contribution >= 4 is 5.97 Å². The van der Waals surface area contributed by atoms with Gasteiger partial charge < -0.3 is 10.1 Å². The zero-order valence-corrected chi connectivity index (χ0v) is 8.02. The molecule has 0 aromatic carbocycles. The van der Waals surface area contributed by atoms with E-state index in [1.54, 1.807) is 0 Å². The van der Waals surface area contributed by atoms with Crippen LogP contribution in [-0.4, -0.2) is 24.7 Å². The summed E-state index contributed by atoms with van der Waals surface area (Å²) in [6.45, 7) is 7.32. The fourth-order valence-corrected chi connectivity index (χ4v) is 1.68. The molecule has 1 rings (SSSR count). The molecule has 1 fully saturated rings. The second-order valence-electron chi connectivity index (χ2n) is 3.74.